The number of aryl methyl sites for hydroxylation is 1. The average molecular weight is 344 g/mol. The Balaban J connectivity index is 1.49. The van der Waals surface area contributed by atoms with E-state index in [9.17, 15) is 14.7 Å². The van der Waals surface area contributed by atoms with Gasteiger partial charge in [0.25, 0.3) is 5.91 Å². The maximum absolute atomic E-state index is 12.6. The van der Waals surface area contributed by atoms with Gasteiger partial charge in [-0.15, -0.1) is 0 Å². The molecular weight excluding hydrogens is 316 g/mol. The number of nitrogens with zero attached hydrogens (tertiary/aromatic N) is 2. The van der Waals surface area contributed by atoms with Crippen LogP contribution in [0.4, 0.5) is 0 Å². The molecule has 2 amide bonds. The molecule has 136 valence electrons. The summed E-state index contributed by atoms with van der Waals surface area (Å²) in [5, 5.41) is 9.99. The lowest BCUT2D eigenvalue weighted by atomic mass is 10.0. The largest absolute Gasteiger partial charge is 0.507 e. The molecule has 25 heavy (non-hydrogen) atoms. The van der Waals surface area contributed by atoms with Gasteiger partial charge in [0.2, 0.25) is 5.91 Å². The Kier molecular flexibility index (Phi) is 5.61. The Morgan fingerprint density at radius 2 is 1.72 bits per heavy atom. The van der Waals surface area contributed by atoms with Crippen LogP contribution in [0.15, 0.2) is 18.2 Å². The summed E-state index contributed by atoms with van der Waals surface area (Å²) in [6.07, 6.45) is 6.81. The number of piperazine rings is 1. The lowest BCUT2D eigenvalue weighted by molar-refractivity contribution is -0.133. The Bertz CT molecular complexity index is 630. The quantitative estimate of drug-likeness (QED) is 0.913. The molecule has 0 unspecified atom stereocenters. The summed E-state index contributed by atoms with van der Waals surface area (Å²) < 4.78 is 0. The fourth-order valence-corrected chi connectivity index (χ4v) is 3.94. The summed E-state index contributed by atoms with van der Waals surface area (Å²) in [5.74, 6) is 0.823. The summed E-state index contributed by atoms with van der Waals surface area (Å²) in [5.41, 5.74) is 1.26. The third-order valence-electron chi connectivity index (χ3n) is 5.54. The third kappa shape index (κ3) is 4.33. The summed E-state index contributed by atoms with van der Waals surface area (Å²) in [6.45, 7) is 4.11. The fourth-order valence-electron chi connectivity index (χ4n) is 3.94. The zero-order chi connectivity index (χ0) is 17.8. The molecule has 0 atom stereocenters. The van der Waals surface area contributed by atoms with Gasteiger partial charge in [0.05, 0.1) is 5.56 Å². The average Bonchev–Trinajstić information content (AvgIpc) is 3.13. The maximum atomic E-state index is 12.6. The SMILES string of the molecule is Cc1ccc(C(=O)N2CCN(C(=O)CCC3CCCC3)CC2)c(O)c1. The molecule has 1 heterocycles. The van der Waals surface area contributed by atoms with Gasteiger partial charge in [-0.3, -0.25) is 9.59 Å². The van der Waals surface area contributed by atoms with Crippen LogP contribution in [-0.4, -0.2) is 52.9 Å². The number of phenols is 1. The van der Waals surface area contributed by atoms with E-state index in [1.807, 2.05) is 17.9 Å². The van der Waals surface area contributed by atoms with Crippen LogP contribution < -0.4 is 0 Å². The molecule has 1 saturated carbocycles. The molecular formula is C20H28N2O3. The van der Waals surface area contributed by atoms with Gasteiger partial charge in [0.1, 0.15) is 5.75 Å². The van der Waals surface area contributed by atoms with Gasteiger partial charge < -0.3 is 14.9 Å². The Labute approximate surface area is 149 Å². The van der Waals surface area contributed by atoms with Crippen molar-refractivity contribution in [2.45, 2.75) is 45.4 Å². The molecule has 5 nitrogen and oxygen atoms in total. The van der Waals surface area contributed by atoms with Crippen molar-refractivity contribution in [2.75, 3.05) is 26.2 Å². The van der Waals surface area contributed by atoms with Gasteiger partial charge in [-0.1, -0.05) is 31.7 Å². The lowest BCUT2D eigenvalue weighted by Gasteiger charge is -2.35. The minimum Gasteiger partial charge on any atom is -0.507 e. The summed E-state index contributed by atoms with van der Waals surface area (Å²) in [4.78, 5) is 28.6. The van der Waals surface area contributed by atoms with E-state index in [1.54, 1.807) is 17.0 Å². The molecule has 3 rings (SSSR count). The van der Waals surface area contributed by atoms with E-state index in [-0.39, 0.29) is 17.6 Å². The first-order chi connectivity index (χ1) is 12.0. The number of amides is 2. The molecule has 1 N–H and O–H groups in total. The molecule has 5 heteroatoms. The van der Waals surface area contributed by atoms with E-state index in [0.717, 1.165) is 17.9 Å². The van der Waals surface area contributed by atoms with E-state index in [4.69, 9.17) is 0 Å². The number of rotatable bonds is 4. The minimum absolute atomic E-state index is 0.0278. The zero-order valence-electron chi connectivity index (χ0n) is 15.0. The predicted molar refractivity (Wildman–Crippen MR) is 96.5 cm³/mol. The smallest absolute Gasteiger partial charge is 0.257 e. The van der Waals surface area contributed by atoms with Crippen LogP contribution in [0.25, 0.3) is 0 Å². The molecule has 1 aromatic rings. The second kappa shape index (κ2) is 7.89. The van der Waals surface area contributed by atoms with Crippen LogP contribution >= 0.6 is 0 Å². The highest BCUT2D eigenvalue weighted by molar-refractivity contribution is 5.97. The first-order valence-electron chi connectivity index (χ1n) is 9.41. The topological polar surface area (TPSA) is 60.9 Å². The highest BCUT2D eigenvalue weighted by Gasteiger charge is 2.26. The number of carbonyl (C=O) groups is 2. The predicted octanol–water partition coefficient (Wildman–Crippen LogP) is 2.96. The summed E-state index contributed by atoms with van der Waals surface area (Å²) in [7, 11) is 0. The molecule has 1 aliphatic carbocycles. The maximum Gasteiger partial charge on any atom is 0.257 e. The number of hydrogen-bond acceptors (Lipinski definition) is 3. The van der Waals surface area contributed by atoms with E-state index in [2.05, 4.69) is 0 Å². The summed E-state index contributed by atoms with van der Waals surface area (Å²) >= 11 is 0. The lowest BCUT2D eigenvalue weighted by Crippen LogP contribution is -2.50. The highest BCUT2D eigenvalue weighted by atomic mass is 16.3. The molecule has 2 fully saturated rings. The van der Waals surface area contributed by atoms with Crippen LogP contribution in [0.1, 0.15) is 54.4 Å². The van der Waals surface area contributed by atoms with Gasteiger partial charge in [-0.2, -0.15) is 0 Å². The molecule has 1 aliphatic heterocycles. The van der Waals surface area contributed by atoms with Crippen molar-refractivity contribution >= 4 is 11.8 Å². The van der Waals surface area contributed by atoms with Crippen molar-refractivity contribution in [1.82, 2.24) is 9.80 Å². The second-order valence-corrected chi connectivity index (χ2v) is 7.38. The zero-order valence-corrected chi connectivity index (χ0v) is 15.0. The first kappa shape index (κ1) is 17.8. The first-order valence-corrected chi connectivity index (χ1v) is 9.41. The highest BCUT2D eigenvalue weighted by Crippen LogP contribution is 2.29. The van der Waals surface area contributed by atoms with E-state index >= 15 is 0 Å². The van der Waals surface area contributed by atoms with Crippen molar-refractivity contribution in [2.24, 2.45) is 5.92 Å². The van der Waals surface area contributed by atoms with E-state index < -0.39 is 0 Å². The van der Waals surface area contributed by atoms with E-state index in [0.29, 0.717) is 38.2 Å². The van der Waals surface area contributed by atoms with Crippen molar-refractivity contribution < 1.29 is 14.7 Å². The van der Waals surface area contributed by atoms with E-state index in [1.165, 1.54) is 25.7 Å². The Morgan fingerprint density at radius 3 is 2.36 bits per heavy atom. The van der Waals surface area contributed by atoms with Crippen LogP contribution in [0.2, 0.25) is 0 Å². The van der Waals surface area contributed by atoms with Crippen molar-refractivity contribution in [3.8, 4) is 5.75 Å². The van der Waals surface area contributed by atoms with Gasteiger partial charge >= 0.3 is 0 Å². The van der Waals surface area contributed by atoms with Crippen LogP contribution in [0.5, 0.6) is 5.75 Å². The van der Waals surface area contributed by atoms with Crippen LogP contribution in [0, 0.1) is 12.8 Å². The van der Waals surface area contributed by atoms with Gasteiger partial charge in [-0.25, -0.2) is 0 Å². The van der Waals surface area contributed by atoms with Crippen LogP contribution in [0.3, 0.4) is 0 Å². The van der Waals surface area contributed by atoms with Gasteiger partial charge in [0.15, 0.2) is 0 Å². The second-order valence-electron chi connectivity index (χ2n) is 7.38. The van der Waals surface area contributed by atoms with Crippen molar-refractivity contribution in [3.05, 3.63) is 29.3 Å². The monoisotopic (exact) mass is 344 g/mol. The number of hydrogen-bond donors (Lipinski definition) is 1. The molecule has 1 saturated heterocycles. The Hall–Kier alpha value is -2.04. The molecule has 0 aromatic heterocycles. The van der Waals surface area contributed by atoms with Gasteiger partial charge in [0, 0.05) is 32.6 Å². The minimum atomic E-state index is -0.157. The molecule has 0 bridgehead atoms. The number of benzene rings is 1. The molecule has 2 aliphatic rings. The molecule has 1 aromatic carbocycles. The number of aromatic hydroxyl groups is 1. The molecule has 0 radical (unpaired) electrons. The molecule has 0 spiro atoms. The third-order valence-corrected chi connectivity index (χ3v) is 5.54. The summed E-state index contributed by atoms with van der Waals surface area (Å²) in [6, 6.07) is 5.11. The Morgan fingerprint density at radius 1 is 1.08 bits per heavy atom. The van der Waals surface area contributed by atoms with Crippen molar-refractivity contribution in [1.29, 1.82) is 0 Å². The fraction of sp³-hybridized carbons (Fsp3) is 0.600. The van der Waals surface area contributed by atoms with Gasteiger partial charge in [-0.05, 0) is 37.0 Å². The normalized spacial score (nSPS) is 18.6. The van der Waals surface area contributed by atoms with Crippen molar-refractivity contribution in [3.63, 3.8) is 0 Å². The standard InChI is InChI=1S/C20H28N2O3/c1-15-6-8-17(18(23)14-15)20(25)22-12-10-21(11-13-22)19(24)9-7-16-4-2-3-5-16/h6,8,14,16,23H,2-5,7,9-13H2,1H3. The van der Waals surface area contributed by atoms with Crippen LogP contribution in [-0.2, 0) is 4.79 Å². The number of phenolic OH excluding ortho intramolecular Hbond substituents is 1. The number of carbonyl (C=O) groups excluding carboxylic acids is 2.